The van der Waals surface area contributed by atoms with Gasteiger partial charge in [-0.1, -0.05) is 36.4 Å². The van der Waals surface area contributed by atoms with Gasteiger partial charge in [-0.05, 0) is 60.4 Å². The van der Waals surface area contributed by atoms with Gasteiger partial charge >= 0.3 is 0 Å². The second-order valence-electron chi connectivity index (χ2n) is 8.51. The lowest BCUT2D eigenvalue weighted by atomic mass is 10.0. The Morgan fingerprint density at radius 1 is 0.923 bits per heavy atom. The van der Waals surface area contributed by atoms with Gasteiger partial charge in [0.1, 0.15) is 0 Å². The first-order valence-corrected chi connectivity index (χ1v) is 10.3. The van der Waals surface area contributed by atoms with E-state index < -0.39 is 0 Å². The minimum absolute atomic E-state index is 0.338. The molecule has 3 heteroatoms. The lowest BCUT2D eigenvalue weighted by Gasteiger charge is -2.34. The topological polar surface area (TPSA) is 23.6 Å². The predicted octanol–water partition coefficient (Wildman–Crippen LogP) is 4.21. The number of piperidine rings is 1. The zero-order chi connectivity index (χ0) is 17.5. The van der Waals surface area contributed by atoms with Crippen LogP contribution in [0.25, 0.3) is 10.8 Å². The van der Waals surface area contributed by atoms with Crippen molar-refractivity contribution in [2.45, 2.75) is 57.2 Å². The first-order valence-electron chi connectivity index (χ1n) is 10.3. The number of benzene rings is 2. The van der Waals surface area contributed by atoms with Gasteiger partial charge in [0.05, 0.1) is 0 Å². The summed E-state index contributed by atoms with van der Waals surface area (Å²) in [5, 5.41) is 2.53. The summed E-state index contributed by atoms with van der Waals surface area (Å²) in [4.78, 5) is 17.6. The van der Waals surface area contributed by atoms with Crippen LogP contribution in [0.1, 0.15) is 44.1 Å². The van der Waals surface area contributed by atoms with E-state index in [1.807, 2.05) is 0 Å². The van der Waals surface area contributed by atoms with E-state index in [9.17, 15) is 4.79 Å². The van der Waals surface area contributed by atoms with Crippen LogP contribution in [0.2, 0.25) is 0 Å². The molecular weight excluding hydrogens is 320 g/mol. The molecule has 3 unspecified atom stereocenters. The average Bonchev–Trinajstić information content (AvgIpc) is 3.25. The second-order valence-corrected chi connectivity index (χ2v) is 8.51. The van der Waals surface area contributed by atoms with Gasteiger partial charge in [-0.15, -0.1) is 0 Å². The molecule has 3 nitrogen and oxygen atoms in total. The molecule has 2 aromatic rings. The summed E-state index contributed by atoms with van der Waals surface area (Å²) >= 11 is 0. The second kappa shape index (κ2) is 6.70. The third kappa shape index (κ3) is 3.03. The van der Waals surface area contributed by atoms with Crippen molar-refractivity contribution in [3.8, 4) is 0 Å². The summed E-state index contributed by atoms with van der Waals surface area (Å²) in [7, 11) is 0. The fourth-order valence-corrected chi connectivity index (χ4v) is 5.49. The van der Waals surface area contributed by atoms with E-state index in [1.54, 1.807) is 0 Å². The molecule has 0 aromatic heterocycles. The molecule has 2 aliphatic heterocycles. The summed E-state index contributed by atoms with van der Waals surface area (Å²) in [5.41, 5.74) is 1.25. The van der Waals surface area contributed by atoms with Crippen LogP contribution in [-0.2, 0) is 11.3 Å². The summed E-state index contributed by atoms with van der Waals surface area (Å²) in [5.74, 6) is 1.28. The summed E-state index contributed by atoms with van der Waals surface area (Å²) in [6.45, 7) is 2.95. The Labute approximate surface area is 156 Å². The highest BCUT2D eigenvalue weighted by Crippen LogP contribution is 2.40. The number of amides is 1. The van der Waals surface area contributed by atoms with Crippen molar-refractivity contribution >= 4 is 16.7 Å². The Morgan fingerprint density at radius 3 is 2.62 bits per heavy atom. The highest BCUT2D eigenvalue weighted by molar-refractivity contribution is 5.83. The number of hydrogen-bond donors (Lipinski definition) is 0. The van der Waals surface area contributed by atoms with Crippen LogP contribution in [0.15, 0.2) is 42.5 Å². The van der Waals surface area contributed by atoms with Crippen LogP contribution in [0.3, 0.4) is 0 Å². The van der Waals surface area contributed by atoms with Gasteiger partial charge in [-0.25, -0.2) is 0 Å². The van der Waals surface area contributed by atoms with Crippen LogP contribution in [0.4, 0.5) is 0 Å². The zero-order valence-corrected chi connectivity index (χ0v) is 15.4. The van der Waals surface area contributed by atoms with E-state index in [-0.39, 0.29) is 0 Å². The summed E-state index contributed by atoms with van der Waals surface area (Å²) in [6.07, 6.45) is 7.13. The van der Waals surface area contributed by atoms with E-state index in [4.69, 9.17) is 0 Å². The standard InChI is InChI=1S/C23H28N2O/c26-23-10-9-21(25-16-18-6-8-22(25)14-18)11-12-24(23)15-17-5-7-19-3-1-2-4-20(19)13-17/h1-5,7,13,18,21-22H,6,8-12,14-16H2. The molecule has 3 atom stereocenters. The van der Waals surface area contributed by atoms with E-state index in [2.05, 4.69) is 52.3 Å². The van der Waals surface area contributed by atoms with Gasteiger partial charge in [-0.2, -0.15) is 0 Å². The molecule has 3 fully saturated rings. The quantitative estimate of drug-likeness (QED) is 0.830. The normalized spacial score (nSPS) is 29.5. The maximum absolute atomic E-state index is 12.7. The van der Waals surface area contributed by atoms with Gasteiger partial charge in [0.15, 0.2) is 0 Å². The van der Waals surface area contributed by atoms with E-state index >= 15 is 0 Å². The van der Waals surface area contributed by atoms with Crippen LogP contribution in [0, 0.1) is 5.92 Å². The SMILES string of the molecule is O=C1CCC(N2CC3CCC2C3)CCN1Cc1ccc2ccccc2c1. The van der Waals surface area contributed by atoms with Gasteiger partial charge in [0.2, 0.25) is 5.91 Å². The molecule has 0 spiro atoms. The highest BCUT2D eigenvalue weighted by atomic mass is 16.2. The summed E-state index contributed by atoms with van der Waals surface area (Å²) in [6, 6.07) is 16.5. The van der Waals surface area contributed by atoms with Gasteiger partial charge in [-0.3, -0.25) is 9.69 Å². The largest absolute Gasteiger partial charge is 0.338 e. The Balaban J connectivity index is 1.27. The minimum atomic E-state index is 0.338. The molecule has 136 valence electrons. The molecule has 0 N–H and O–H groups in total. The Morgan fingerprint density at radius 2 is 1.81 bits per heavy atom. The van der Waals surface area contributed by atoms with Crippen molar-refractivity contribution < 1.29 is 4.79 Å². The average molecular weight is 348 g/mol. The maximum atomic E-state index is 12.7. The molecule has 0 radical (unpaired) electrons. The van der Waals surface area contributed by atoms with Crippen LogP contribution < -0.4 is 0 Å². The van der Waals surface area contributed by atoms with E-state index in [0.29, 0.717) is 18.4 Å². The fraction of sp³-hybridized carbons (Fsp3) is 0.522. The zero-order valence-electron chi connectivity index (χ0n) is 15.4. The molecule has 1 saturated carbocycles. The Kier molecular flexibility index (Phi) is 4.20. The van der Waals surface area contributed by atoms with Crippen LogP contribution in [-0.4, -0.2) is 40.9 Å². The number of carbonyl (C=O) groups is 1. The molecule has 5 rings (SSSR count). The van der Waals surface area contributed by atoms with Gasteiger partial charge in [0, 0.05) is 38.1 Å². The monoisotopic (exact) mass is 348 g/mol. The summed E-state index contributed by atoms with van der Waals surface area (Å²) < 4.78 is 0. The Bertz CT molecular complexity index is 817. The fourth-order valence-electron chi connectivity index (χ4n) is 5.49. The van der Waals surface area contributed by atoms with Crippen LogP contribution in [0.5, 0.6) is 0 Å². The van der Waals surface area contributed by atoms with Crippen molar-refractivity contribution in [1.82, 2.24) is 9.80 Å². The third-order valence-electron chi connectivity index (χ3n) is 6.88. The highest BCUT2D eigenvalue weighted by Gasteiger charge is 2.41. The van der Waals surface area contributed by atoms with E-state index in [1.165, 1.54) is 42.1 Å². The molecule has 2 bridgehead atoms. The van der Waals surface area contributed by atoms with Crippen molar-refractivity contribution in [2.24, 2.45) is 5.92 Å². The number of fused-ring (bicyclic) bond motifs is 3. The molecule has 1 amide bonds. The number of likely N-dealkylation sites (tertiary alicyclic amines) is 2. The number of hydrogen-bond acceptors (Lipinski definition) is 2. The molecule has 3 aliphatic rings. The number of nitrogens with zero attached hydrogens (tertiary/aromatic N) is 2. The van der Waals surface area contributed by atoms with Crippen molar-refractivity contribution in [1.29, 1.82) is 0 Å². The van der Waals surface area contributed by atoms with Crippen molar-refractivity contribution in [3.05, 3.63) is 48.0 Å². The molecule has 1 aliphatic carbocycles. The number of rotatable bonds is 3. The van der Waals surface area contributed by atoms with Crippen LogP contribution >= 0.6 is 0 Å². The van der Waals surface area contributed by atoms with Crippen molar-refractivity contribution in [3.63, 3.8) is 0 Å². The smallest absolute Gasteiger partial charge is 0.222 e. The van der Waals surface area contributed by atoms with Gasteiger partial charge < -0.3 is 4.90 Å². The lowest BCUT2D eigenvalue weighted by Crippen LogP contribution is -2.41. The van der Waals surface area contributed by atoms with Gasteiger partial charge in [0.25, 0.3) is 0 Å². The molecule has 2 heterocycles. The predicted molar refractivity (Wildman–Crippen MR) is 105 cm³/mol. The maximum Gasteiger partial charge on any atom is 0.222 e. The minimum Gasteiger partial charge on any atom is -0.338 e. The molecular formula is C23H28N2O. The molecule has 2 saturated heterocycles. The Hall–Kier alpha value is -1.87. The van der Waals surface area contributed by atoms with Crippen molar-refractivity contribution in [2.75, 3.05) is 13.1 Å². The molecule has 26 heavy (non-hydrogen) atoms. The van der Waals surface area contributed by atoms with E-state index in [0.717, 1.165) is 37.9 Å². The number of carbonyl (C=O) groups excluding carboxylic acids is 1. The lowest BCUT2D eigenvalue weighted by molar-refractivity contribution is -0.131. The first-order chi connectivity index (χ1) is 12.8. The third-order valence-corrected chi connectivity index (χ3v) is 6.88. The molecule has 2 aromatic carbocycles. The first kappa shape index (κ1) is 16.3.